The minimum absolute atomic E-state index is 0.0399. The van der Waals surface area contributed by atoms with Gasteiger partial charge in [-0.25, -0.2) is 9.78 Å². The number of rotatable bonds is 7. The van der Waals surface area contributed by atoms with Gasteiger partial charge in [-0.15, -0.1) is 0 Å². The summed E-state index contributed by atoms with van der Waals surface area (Å²) in [4.78, 5) is 46.0. The van der Waals surface area contributed by atoms with Crippen LogP contribution in [0.15, 0.2) is 35.5 Å². The third kappa shape index (κ3) is 6.31. The van der Waals surface area contributed by atoms with Crippen LogP contribution in [0.5, 0.6) is 0 Å². The third-order valence-electron chi connectivity index (χ3n) is 4.51. The Bertz CT molecular complexity index is 902. The number of benzene rings is 1. The highest BCUT2D eigenvalue weighted by Crippen LogP contribution is 2.18. The van der Waals surface area contributed by atoms with E-state index in [9.17, 15) is 14.4 Å². The molecule has 2 heterocycles. The number of carbonyl (C=O) groups excluding carboxylic acids is 3. The van der Waals surface area contributed by atoms with Gasteiger partial charge in [-0.3, -0.25) is 14.6 Å². The Balaban J connectivity index is 1.34. The van der Waals surface area contributed by atoms with Crippen LogP contribution in [-0.2, 0) is 19.1 Å². The molecule has 9 nitrogen and oxygen atoms in total. The summed E-state index contributed by atoms with van der Waals surface area (Å²) in [6.07, 6.45) is 2.55. The van der Waals surface area contributed by atoms with Gasteiger partial charge in [0.05, 0.1) is 29.6 Å². The molecule has 30 heavy (non-hydrogen) atoms. The Morgan fingerprint density at radius 3 is 2.63 bits per heavy atom. The SMILES string of the molecule is CCOC(=O)N1CCC(NC(=O)COC(=O)CSc2cnc3ccccc3n2)CC1. The summed E-state index contributed by atoms with van der Waals surface area (Å²) in [5.41, 5.74) is 1.54. The summed E-state index contributed by atoms with van der Waals surface area (Å²) >= 11 is 1.21. The van der Waals surface area contributed by atoms with Gasteiger partial charge < -0.3 is 19.7 Å². The highest BCUT2D eigenvalue weighted by Gasteiger charge is 2.24. The molecule has 0 radical (unpaired) electrons. The number of likely N-dealkylation sites (tertiary alicyclic amines) is 1. The van der Waals surface area contributed by atoms with Crippen molar-refractivity contribution in [3.8, 4) is 0 Å². The maximum Gasteiger partial charge on any atom is 0.409 e. The number of ether oxygens (including phenoxy) is 2. The van der Waals surface area contributed by atoms with Crippen molar-refractivity contribution < 1.29 is 23.9 Å². The van der Waals surface area contributed by atoms with E-state index in [1.807, 2.05) is 24.3 Å². The molecule has 1 N–H and O–H groups in total. The molecule has 0 unspecified atom stereocenters. The molecule has 2 amide bonds. The molecule has 1 aromatic carbocycles. The molecule has 1 saturated heterocycles. The van der Waals surface area contributed by atoms with Crippen LogP contribution in [0.25, 0.3) is 11.0 Å². The van der Waals surface area contributed by atoms with E-state index in [1.54, 1.807) is 18.0 Å². The van der Waals surface area contributed by atoms with Gasteiger partial charge in [-0.1, -0.05) is 23.9 Å². The monoisotopic (exact) mass is 432 g/mol. The van der Waals surface area contributed by atoms with Crippen molar-refractivity contribution in [3.63, 3.8) is 0 Å². The first-order valence-electron chi connectivity index (χ1n) is 9.76. The largest absolute Gasteiger partial charge is 0.455 e. The van der Waals surface area contributed by atoms with Crippen molar-refractivity contribution in [1.29, 1.82) is 0 Å². The molecule has 0 aliphatic carbocycles. The molecule has 1 aliphatic rings. The number of thioether (sulfide) groups is 1. The fourth-order valence-corrected chi connectivity index (χ4v) is 3.66. The van der Waals surface area contributed by atoms with E-state index in [1.165, 1.54) is 11.8 Å². The molecule has 1 aromatic heterocycles. The number of esters is 1. The molecule has 0 bridgehead atoms. The second kappa shape index (κ2) is 10.8. The number of carbonyl (C=O) groups is 3. The van der Waals surface area contributed by atoms with E-state index < -0.39 is 5.97 Å². The van der Waals surface area contributed by atoms with Crippen LogP contribution in [0.2, 0.25) is 0 Å². The molecular formula is C20H24N4O5S. The first-order chi connectivity index (χ1) is 14.5. The van der Waals surface area contributed by atoms with E-state index in [-0.39, 0.29) is 30.4 Å². The summed E-state index contributed by atoms with van der Waals surface area (Å²) in [7, 11) is 0. The quantitative estimate of drug-likeness (QED) is 0.522. The zero-order valence-electron chi connectivity index (χ0n) is 16.7. The summed E-state index contributed by atoms with van der Waals surface area (Å²) in [6.45, 7) is 2.81. The third-order valence-corrected chi connectivity index (χ3v) is 5.39. The molecular weight excluding hydrogens is 408 g/mol. The van der Waals surface area contributed by atoms with E-state index >= 15 is 0 Å². The molecule has 10 heteroatoms. The van der Waals surface area contributed by atoms with Crippen LogP contribution >= 0.6 is 11.8 Å². The zero-order valence-corrected chi connectivity index (χ0v) is 17.5. The fourth-order valence-electron chi connectivity index (χ4n) is 3.02. The molecule has 2 aromatic rings. The summed E-state index contributed by atoms with van der Waals surface area (Å²) in [5, 5.41) is 3.45. The Kier molecular flexibility index (Phi) is 7.83. The van der Waals surface area contributed by atoms with E-state index in [0.717, 1.165) is 11.0 Å². The van der Waals surface area contributed by atoms with Gasteiger partial charge >= 0.3 is 12.1 Å². The van der Waals surface area contributed by atoms with E-state index in [0.29, 0.717) is 37.6 Å². The van der Waals surface area contributed by atoms with Crippen LogP contribution in [0.3, 0.4) is 0 Å². The predicted octanol–water partition coefficient (Wildman–Crippen LogP) is 2.00. The lowest BCUT2D eigenvalue weighted by molar-refractivity contribution is -0.146. The second-order valence-electron chi connectivity index (χ2n) is 6.67. The van der Waals surface area contributed by atoms with Gasteiger partial charge in [0.25, 0.3) is 5.91 Å². The fraction of sp³-hybridized carbons (Fsp3) is 0.450. The Labute approximate surface area is 178 Å². The maximum atomic E-state index is 12.0. The van der Waals surface area contributed by atoms with Crippen molar-refractivity contribution in [1.82, 2.24) is 20.2 Å². The van der Waals surface area contributed by atoms with Crippen LogP contribution < -0.4 is 5.32 Å². The van der Waals surface area contributed by atoms with Gasteiger partial charge in [0.2, 0.25) is 0 Å². The lowest BCUT2D eigenvalue weighted by Crippen LogP contribution is -2.47. The number of nitrogens with one attached hydrogen (secondary N) is 1. The lowest BCUT2D eigenvalue weighted by atomic mass is 10.1. The molecule has 3 rings (SSSR count). The second-order valence-corrected chi connectivity index (χ2v) is 7.67. The van der Waals surface area contributed by atoms with Gasteiger partial charge in [-0.2, -0.15) is 0 Å². The van der Waals surface area contributed by atoms with Crippen LogP contribution in [0, 0.1) is 0 Å². The van der Waals surface area contributed by atoms with Gasteiger partial charge in [0.1, 0.15) is 5.03 Å². The van der Waals surface area contributed by atoms with Gasteiger partial charge in [-0.05, 0) is 31.9 Å². The molecule has 1 aliphatic heterocycles. The standard InChI is InChI=1S/C20H24N4O5S/c1-2-28-20(27)24-9-7-14(8-10-24)22-17(25)12-29-19(26)13-30-18-11-21-15-5-3-4-6-16(15)23-18/h3-6,11,14H,2,7-10,12-13H2,1H3,(H,22,25). The number of hydrogen-bond donors (Lipinski definition) is 1. The van der Waals surface area contributed by atoms with Crippen molar-refractivity contribution >= 4 is 40.8 Å². The predicted molar refractivity (Wildman–Crippen MR) is 111 cm³/mol. The van der Waals surface area contributed by atoms with E-state index in [2.05, 4.69) is 15.3 Å². The van der Waals surface area contributed by atoms with Crippen molar-refractivity contribution in [2.24, 2.45) is 0 Å². The molecule has 0 saturated carbocycles. The molecule has 0 spiro atoms. The van der Waals surface area contributed by atoms with Crippen LogP contribution in [0.4, 0.5) is 4.79 Å². The van der Waals surface area contributed by atoms with Crippen LogP contribution in [0.1, 0.15) is 19.8 Å². The van der Waals surface area contributed by atoms with Crippen molar-refractivity contribution in [2.45, 2.75) is 30.8 Å². The first kappa shape index (κ1) is 21.8. The smallest absolute Gasteiger partial charge is 0.409 e. The molecule has 1 fully saturated rings. The summed E-state index contributed by atoms with van der Waals surface area (Å²) in [5.74, 6) is -0.811. The molecule has 0 atom stereocenters. The maximum absolute atomic E-state index is 12.0. The average molecular weight is 433 g/mol. The number of fused-ring (bicyclic) bond motifs is 1. The lowest BCUT2D eigenvalue weighted by Gasteiger charge is -2.31. The summed E-state index contributed by atoms with van der Waals surface area (Å²) < 4.78 is 10.0. The van der Waals surface area contributed by atoms with Crippen molar-refractivity contribution in [3.05, 3.63) is 30.5 Å². The first-order valence-corrected chi connectivity index (χ1v) is 10.7. The Morgan fingerprint density at radius 1 is 1.17 bits per heavy atom. The number of aromatic nitrogens is 2. The minimum atomic E-state index is -0.498. The number of amides is 2. The number of para-hydroxylation sites is 2. The Morgan fingerprint density at radius 2 is 1.90 bits per heavy atom. The minimum Gasteiger partial charge on any atom is -0.455 e. The molecule has 160 valence electrons. The highest BCUT2D eigenvalue weighted by atomic mass is 32.2. The van der Waals surface area contributed by atoms with Gasteiger partial charge in [0, 0.05) is 19.1 Å². The van der Waals surface area contributed by atoms with Crippen LogP contribution in [-0.4, -0.2) is 70.9 Å². The topological polar surface area (TPSA) is 111 Å². The normalized spacial score (nSPS) is 14.4. The Hall–Kier alpha value is -2.88. The number of nitrogens with zero attached hydrogens (tertiary/aromatic N) is 3. The average Bonchev–Trinajstić information content (AvgIpc) is 2.77. The number of hydrogen-bond acceptors (Lipinski definition) is 8. The number of piperidine rings is 1. The van der Waals surface area contributed by atoms with Crippen molar-refractivity contribution in [2.75, 3.05) is 32.1 Å². The van der Waals surface area contributed by atoms with E-state index in [4.69, 9.17) is 9.47 Å². The zero-order chi connectivity index (χ0) is 21.3. The highest BCUT2D eigenvalue weighted by molar-refractivity contribution is 7.99. The van der Waals surface area contributed by atoms with Gasteiger partial charge in [0.15, 0.2) is 6.61 Å². The summed E-state index contributed by atoms with van der Waals surface area (Å²) in [6, 6.07) is 7.43.